The van der Waals surface area contributed by atoms with Crippen molar-refractivity contribution in [2.45, 2.75) is 12.0 Å². The van der Waals surface area contributed by atoms with Gasteiger partial charge in [-0.2, -0.15) is 0 Å². The highest BCUT2D eigenvalue weighted by atomic mass is 16.6. The first-order valence-electron chi connectivity index (χ1n) is 4.55. The van der Waals surface area contributed by atoms with Gasteiger partial charge in [-0.25, -0.2) is 4.79 Å². The lowest BCUT2D eigenvalue weighted by Crippen LogP contribution is -2.36. The minimum Gasteiger partial charge on any atom is -0.439 e. The van der Waals surface area contributed by atoms with Crippen molar-refractivity contribution in [2.24, 2.45) is 0 Å². The molecular weight excluding hydrogens is 168 g/mol. The summed E-state index contributed by atoms with van der Waals surface area (Å²) in [6, 6.07) is 0. The molecule has 2 fully saturated rings. The third-order valence-corrected chi connectivity index (χ3v) is 2.60. The summed E-state index contributed by atoms with van der Waals surface area (Å²) in [4.78, 5) is 13.0. The second-order valence-corrected chi connectivity index (χ2v) is 3.65. The molecule has 72 valence electrons. The summed E-state index contributed by atoms with van der Waals surface area (Å²) in [6.07, 6.45) is 2.44. The summed E-state index contributed by atoms with van der Waals surface area (Å²) in [5.41, 5.74) is -0.250. The molecule has 2 aliphatic rings. The Labute approximate surface area is 77.5 Å². The van der Waals surface area contributed by atoms with Crippen LogP contribution in [-0.4, -0.2) is 42.8 Å². The highest BCUT2D eigenvalue weighted by Crippen LogP contribution is 2.28. The Hall–Kier alpha value is -1.03. The van der Waals surface area contributed by atoms with E-state index >= 15 is 0 Å². The molecule has 13 heavy (non-hydrogen) atoms. The van der Waals surface area contributed by atoms with Crippen molar-refractivity contribution in [1.82, 2.24) is 10.2 Å². The maximum absolute atomic E-state index is 11.4. The highest BCUT2D eigenvalue weighted by Gasteiger charge is 2.46. The first kappa shape index (κ1) is 8.56. The molecular formula is C9H14N2O2. The number of carbonyl (C=O) groups excluding carboxylic acids is 1. The Morgan fingerprint density at radius 2 is 2.62 bits per heavy atom. The van der Waals surface area contributed by atoms with Gasteiger partial charge < -0.3 is 15.0 Å². The summed E-state index contributed by atoms with van der Waals surface area (Å²) in [6.45, 7) is 6.62. The summed E-state index contributed by atoms with van der Waals surface area (Å²) < 4.78 is 5.35. The van der Waals surface area contributed by atoms with E-state index in [1.54, 1.807) is 11.0 Å². The highest BCUT2D eigenvalue weighted by molar-refractivity contribution is 5.71. The van der Waals surface area contributed by atoms with Crippen molar-refractivity contribution < 1.29 is 9.53 Å². The molecule has 0 radical (unpaired) electrons. The number of ether oxygens (including phenoxy) is 1. The van der Waals surface area contributed by atoms with Crippen LogP contribution in [0.1, 0.15) is 6.42 Å². The fourth-order valence-electron chi connectivity index (χ4n) is 1.93. The molecule has 2 saturated heterocycles. The van der Waals surface area contributed by atoms with Gasteiger partial charge in [-0.15, -0.1) is 6.58 Å². The molecule has 4 heteroatoms. The normalized spacial score (nSPS) is 32.6. The molecule has 0 aliphatic carbocycles. The lowest BCUT2D eigenvalue weighted by molar-refractivity contribution is 0.0728. The average molecular weight is 182 g/mol. The van der Waals surface area contributed by atoms with E-state index in [0.29, 0.717) is 13.1 Å². The van der Waals surface area contributed by atoms with E-state index in [2.05, 4.69) is 11.9 Å². The van der Waals surface area contributed by atoms with Crippen LogP contribution in [0.5, 0.6) is 0 Å². The minimum absolute atomic E-state index is 0.205. The van der Waals surface area contributed by atoms with Gasteiger partial charge in [0.25, 0.3) is 0 Å². The van der Waals surface area contributed by atoms with Crippen LogP contribution in [0.25, 0.3) is 0 Å². The molecule has 0 saturated carbocycles. The van der Waals surface area contributed by atoms with Crippen molar-refractivity contribution in [2.75, 3.05) is 26.2 Å². The number of rotatable bonds is 2. The number of carbonyl (C=O) groups is 1. The summed E-state index contributed by atoms with van der Waals surface area (Å²) in [7, 11) is 0. The van der Waals surface area contributed by atoms with Gasteiger partial charge in [0.2, 0.25) is 0 Å². The maximum Gasteiger partial charge on any atom is 0.410 e. The molecule has 2 heterocycles. The summed E-state index contributed by atoms with van der Waals surface area (Å²) >= 11 is 0. The molecule has 2 aliphatic heterocycles. The van der Waals surface area contributed by atoms with E-state index < -0.39 is 0 Å². The zero-order valence-corrected chi connectivity index (χ0v) is 7.58. The number of nitrogens with zero attached hydrogens (tertiary/aromatic N) is 1. The van der Waals surface area contributed by atoms with Gasteiger partial charge in [-0.3, -0.25) is 0 Å². The quantitative estimate of drug-likeness (QED) is 0.627. The Kier molecular flexibility index (Phi) is 2.00. The van der Waals surface area contributed by atoms with Crippen molar-refractivity contribution in [3.05, 3.63) is 12.7 Å². The van der Waals surface area contributed by atoms with Crippen LogP contribution in [0.4, 0.5) is 4.79 Å². The van der Waals surface area contributed by atoms with E-state index in [-0.39, 0.29) is 11.7 Å². The third-order valence-electron chi connectivity index (χ3n) is 2.60. The SMILES string of the molecule is C=CCN1CC2(CCNC2)OC1=O. The molecule has 1 atom stereocenters. The average Bonchev–Trinajstić information content (AvgIpc) is 2.63. The molecule has 1 amide bonds. The van der Waals surface area contributed by atoms with Gasteiger partial charge in [0.1, 0.15) is 5.60 Å². The second kappa shape index (κ2) is 3.03. The Morgan fingerprint density at radius 1 is 1.77 bits per heavy atom. The molecule has 1 unspecified atom stereocenters. The standard InChI is InChI=1S/C9H14N2O2/c1-2-5-11-7-9(13-8(11)12)3-4-10-6-9/h2,10H,1,3-7H2. The second-order valence-electron chi connectivity index (χ2n) is 3.65. The fraction of sp³-hybridized carbons (Fsp3) is 0.667. The lowest BCUT2D eigenvalue weighted by atomic mass is 10.0. The topological polar surface area (TPSA) is 41.6 Å². The van der Waals surface area contributed by atoms with Crippen molar-refractivity contribution >= 4 is 6.09 Å². The minimum atomic E-state index is -0.250. The van der Waals surface area contributed by atoms with E-state index in [0.717, 1.165) is 19.5 Å². The summed E-state index contributed by atoms with van der Waals surface area (Å²) in [5.74, 6) is 0. The van der Waals surface area contributed by atoms with Crippen LogP contribution < -0.4 is 5.32 Å². The molecule has 0 bridgehead atoms. The largest absolute Gasteiger partial charge is 0.439 e. The molecule has 1 N–H and O–H groups in total. The molecule has 0 aromatic heterocycles. The molecule has 1 spiro atoms. The van der Waals surface area contributed by atoms with E-state index in [1.807, 2.05) is 0 Å². The Morgan fingerprint density at radius 3 is 3.23 bits per heavy atom. The van der Waals surface area contributed by atoms with Gasteiger partial charge in [-0.1, -0.05) is 6.08 Å². The van der Waals surface area contributed by atoms with Crippen LogP contribution in [-0.2, 0) is 4.74 Å². The first-order valence-corrected chi connectivity index (χ1v) is 4.55. The number of nitrogens with one attached hydrogen (secondary N) is 1. The first-order chi connectivity index (χ1) is 6.26. The van der Waals surface area contributed by atoms with Gasteiger partial charge in [0, 0.05) is 19.5 Å². The Bertz CT molecular complexity index is 234. The number of hydrogen-bond acceptors (Lipinski definition) is 3. The van der Waals surface area contributed by atoms with Gasteiger partial charge in [-0.05, 0) is 6.54 Å². The van der Waals surface area contributed by atoms with Crippen LogP contribution in [0.2, 0.25) is 0 Å². The van der Waals surface area contributed by atoms with E-state index in [9.17, 15) is 4.79 Å². The van der Waals surface area contributed by atoms with Gasteiger partial charge >= 0.3 is 6.09 Å². The van der Waals surface area contributed by atoms with Gasteiger partial charge in [0.15, 0.2) is 0 Å². The van der Waals surface area contributed by atoms with E-state index in [1.165, 1.54) is 0 Å². The fourth-order valence-corrected chi connectivity index (χ4v) is 1.93. The van der Waals surface area contributed by atoms with Crippen LogP contribution in [0.3, 0.4) is 0 Å². The maximum atomic E-state index is 11.4. The molecule has 2 rings (SSSR count). The number of amides is 1. The van der Waals surface area contributed by atoms with Crippen LogP contribution >= 0.6 is 0 Å². The predicted octanol–water partition coefficient (Wildman–Crippen LogP) is 0.357. The van der Waals surface area contributed by atoms with Crippen LogP contribution in [0, 0.1) is 0 Å². The summed E-state index contributed by atoms with van der Waals surface area (Å²) in [5, 5.41) is 3.21. The number of hydrogen-bond donors (Lipinski definition) is 1. The zero-order chi connectivity index (χ0) is 9.31. The van der Waals surface area contributed by atoms with Crippen molar-refractivity contribution in [3.8, 4) is 0 Å². The third kappa shape index (κ3) is 1.42. The molecule has 0 aromatic rings. The zero-order valence-electron chi connectivity index (χ0n) is 7.58. The van der Waals surface area contributed by atoms with Crippen molar-refractivity contribution in [1.29, 1.82) is 0 Å². The van der Waals surface area contributed by atoms with E-state index in [4.69, 9.17) is 4.74 Å². The smallest absolute Gasteiger partial charge is 0.410 e. The van der Waals surface area contributed by atoms with Crippen LogP contribution in [0.15, 0.2) is 12.7 Å². The van der Waals surface area contributed by atoms with Gasteiger partial charge in [0.05, 0.1) is 6.54 Å². The lowest BCUT2D eigenvalue weighted by Gasteiger charge is -2.18. The monoisotopic (exact) mass is 182 g/mol. The molecule has 4 nitrogen and oxygen atoms in total. The molecule has 0 aromatic carbocycles. The Balaban J connectivity index is 2.04. The van der Waals surface area contributed by atoms with Crippen molar-refractivity contribution in [3.63, 3.8) is 0 Å². The predicted molar refractivity (Wildman–Crippen MR) is 48.5 cm³/mol.